The Morgan fingerprint density at radius 2 is 2.07 bits per heavy atom. The lowest BCUT2D eigenvalue weighted by Crippen LogP contribution is -2.40. The van der Waals surface area contributed by atoms with Crippen molar-refractivity contribution in [2.75, 3.05) is 0 Å². The maximum absolute atomic E-state index is 10.9. The molecule has 76 valence electrons. The molecule has 0 amide bonds. The Bertz CT molecular complexity index is 302. The molecule has 14 heavy (non-hydrogen) atoms. The third-order valence-corrected chi connectivity index (χ3v) is 3.07. The molecule has 3 unspecified atom stereocenters. The summed E-state index contributed by atoms with van der Waals surface area (Å²) in [6.45, 7) is 1.40. The Kier molecular flexibility index (Phi) is 2.19. The van der Waals surface area contributed by atoms with Gasteiger partial charge in [-0.3, -0.25) is 4.79 Å². The van der Waals surface area contributed by atoms with Crippen molar-refractivity contribution in [3.05, 3.63) is 24.3 Å². The van der Waals surface area contributed by atoms with Crippen molar-refractivity contribution in [2.45, 2.75) is 32.0 Å². The van der Waals surface area contributed by atoms with E-state index in [4.69, 9.17) is 4.74 Å². The normalized spacial score (nSPS) is 39.6. The van der Waals surface area contributed by atoms with Gasteiger partial charge in [-0.25, -0.2) is 0 Å². The number of carbonyl (C=O) groups is 1. The van der Waals surface area contributed by atoms with E-state index in [1.807, 2.05) is 18.2 Å². The number of aliphatic hydroxyl groups excluding tert-OH is 1. The molecule has 0 saturated carbocycles. The summed E-state index contributed by atoms with van der Waals surface area (Å²) in [6.07, 6.45) is 8.36. The zero-order chi connectivity index (χ0) is 10.2. The van der Waals surface area contributed by atoms with Gasteiger partial charge < -0.3 is 9.84 Å². The van der Waals surface area contributed by atoms with Crippen LogP contribution in [-0.4, -0.2) is 23.3 Å². The van der Waals surface area contributed by atoms with Crippen LogP contribution in [0.3, 0.4) is 0 Å². The lowest BCUT2D eigenvalue weighted by Gasteiger charge is -2.33. The van der Waals surface area contributed by atoms with Crippen LogP contribution in [-0.2, 0) is 9.53 Å². The predicted molar refractivity (Wildman–Crippen MR) is 51.5 cm³/mol. The molecule has 2 aliphatic carbocycles. The second-order valence-electron chi connectivity index (χ2n) is 3.97. The monoisotopic (exact) mass is 194 g/mol. The first-order valence-electron chi connectivity index (χ1n) is 4.84. The molecule has 3 heteroatoms. The molecule has 1 N–H and O–H groups in total. The molecule has 3 nitrogen and oxygen atoms in total. The molecule has 2 aliphatic rings. The SMILES string of the molecule is CC(=O)OC1C=CCC12CC=CC2O. The predicted octanol–water partition coefficient (Wildman–Crippen LogP) is 1.19. The maximum Gasteiger partial charge on any atom is 0.303 e. The molecule has 3 atom stereocenters. The summed E-state index contributed by atoms with van der Waals surface area (Å²) < 4.78 is 5.19. The minimum atomic E-state index is -0.498. The standard InChI is InChI=1S/C11H14O3/c1-8(12)14-10-5-3-7-11(10)6-2-4-9(11)13/h2-5,9-10,13H,6-7H2,1H3. The molecular weight excluding hydrogens is 180 g/mol. The molecule has 1 spiro atoms. The zero-order valence-electron chi connectivity index (χ0n) is 8.14. The van der Waals surface area contributed by atoms with Gasteiger partial charge in [0.15, 0.2) is 0 Å². The number of carbonyl (C=O) groups excluding carboxylic acids is 1. The van der Waals surface area contributed by atoms with Gasteiger partial charge in [-0.1, -0.05) is 18.2 Å². The Morgan fingerprint density at radius 1 is 1.43 bits per heavy atom. The quantitative estimate of drug-likeness (QED) is 0.503. The first kappa shape index (κ1) is 9.46. The van der Waals surface area contributed by atoms with Crippen LogP contribution in [0, 0.1) is 5.41 Å². The third-order valence-electron chi connectivity index (χ3n) is 3.07. The van der Waals surface area contributed by atoms with Gasteiger partial charge in [-0.2, -0.15) is 0 Å². The van der Waals surface area contributed by atoms with Crippen LogP contribution in [0.4, 0.5) is 0 Å². The lowest BCUT2D eigenvalue weighted by molar-refractivity contribution is -0.151. The van der Waals surface area contributed by atoms with Crippen LogP contribution in [0.5, 0.6) is 0 Å². The fourth-order valence-corrected chi connectivity index (χ4v) is 2.27. The van der Waals surface area contributed by atoms with E-state index in [-0.39, 0.29) is 17.5 Å². The van der Waals surface area contributed by atoms with E-state index in [2.05, 4.69) is 0 Å². The van der Waals surface area contributed by atoms with Gasteiger partial charge in [-0.05, 0) is 18.9 Å². The van der Waals surface area contributed by atoms with Gasteiger partial charge in [0.2, 0.25) is 0 Å². The van der Waals surface area contributed by atoms with Gasteiger partial charge in [0, 0.05) is 12.3 Å². The van der Waals surface area contributed by atoms with Gasteiger partial charge in [0.1, 0.15) is 6.10 Å². The third kappa shape index (κ3) is 1.28. The van der Waals surface area contributed by atoms with Crippen molar-refractivity contribution in [1.29, 1.82) is 0 Å². The van der Waals surface area contributed by atoms with E-state index < -0.39 is 6.10 Å². The van der Waals surface area contributed by atoms with Crippen molar-refractivity contribution in [3.8, 4) is 0 Å². The van der Waals surface area contributed by atoms with Crippen molar-refractivity contribution in [3.63, 3.8) is 0 Å². The molecular formula is C11H14O3. The second kappa shape index (κ2) is 3.24. The Labute approximate surface area is 83.1 Å². The van der Waals surface area contributed by atoms with Crippen LogP contribution in [0.25, 0.3) is 0 Å². The van der Waals surface area contributed by atoms with Crippen molar-refractivity contribution < 1.29 is 14.6 Å². The summed E-state index contributed by atoms with van der Waals surface area (Å²) in [7, 11) is 0. The van der Waals surface area contributed by atoms with Crippen LogP contribution in [0.2, 0.25) is 0 Å². The fraction of sp³-hybridized carbons (Fsp3) is 0.545. The highest BCUT2D eigenvalue weighted by molar-refractivity contribution is 5.66. The summed E-state index contributed by atoms with van der Waals surface area (Å²) in [6, 6.07) is 0. The average Bonchev–Trinajstić information content (AvgIpc) is 2.63. The molecule has 0 heterocycles. The number of hydrogen-bond donors (Lipinski definition) is 1. The van der Waals surface area contributed by atoms with Crippen LogP contribution < -0.4 is 0 Å². The Hall–Kier alpha value is -1.09. The highest BCUT2D eigenvalue weighted by Crippen LogP contribution is 2.46. The first-order valence-corrected chi connectivity index (χ1v) is 4.84. The average molecular weight is 194 g/mol. The summed E-state index contributed by atoms with van der Waals surface area (Å²) in [5.74, 6) is -0.292. The van der Waals surface area contributed by atoms with Crippen LogP contribution in [0.15, 0.2) is 24.3 Å². The van der Waals surface area contributed by atoms with Gasteiger partial charge in [0.05, 0.1) is 6.10 Å². The Morgan fingerprint density at radius 3 is 2.64 bits per heavy atom. The van der Waals surface area contributed by atoms with E-state index in [9.17, 15) is 9.90 Å². The Balaban J connectivity index is 2.16. The number of aliphatic hydroxyl groups is 1. The van der Waals surface area contributed by atoms with E-state index in [0.717, 1.165) is 12.8 Å². The minimum absolute atomic E-state index is 0.273. The molecule has 0 saturated heterocycles. The highest BCUT2D eigenvalue weighted by Gasteiger charge is 2.48. The molecule has 2 rings (SSSR count). The number of hydrogen-bond acceptors (Lipinski definition) is 3. The fourth-order valence-electron chi connectivity index (χ4n) is 2.27. The van der Waals surface area contributed by atoms with Crippen LogP contribution >= 0.6 is 0 Å². The largest absolute Gasteiger partial charge is 0.458 e. The van der Waals surface area contributed by atoms with Crippen molar-refractivity contribution in [1.82, 2.24) is 0 Å². The molecule has 0 fully saturated rings. The second-order valence-corrected chi connectivity index (χ2v) is 3.97. The van der Waals surface area contributed by atoms with Crippen molar-refractivity contribution >= 4 is 5.97 Å². The molecule has 0 aliphatic heterocycles. The van der Waals surface area contributed by atoms with Crippen LogP contribution in [0.1, 0.15) is 19.8 Å². The molecule has 0 bridgehead atoms. The summed E-state index contributed by atoms with van der Waals surface area (Å²) in [5, 5.41) is 9.84. The van der Waals surface area contributed by atoms with Crippen molar-refractivity contribution in [2.24, 2.45) is 5.41 Å². The maximum atomic E-state index is 10.9. The topological polar surface area (TPSA) is 46.5 Å². The zero-order valence-corrected chi connectivity index (χ0v) is 8.14. The summed E-state index contributed by atoms with van der Waals surface area (Å²) in [4.78, 5) is 10.9. The van der Waals surface area contributed by atoms with E-state index >= 15 is 0 Å². The minimum Gasteiger partial charge on any atom is -0.458 e. The van der Waals surface area contributed by atoms with Gasteiger partial charge in [0.25, 0.3) is 0 Å². The summed E-state index contributed by atoms with van der Waals surface area (Å²) >= 11 is 0. The number of allylic oxidation sites excluding steroid dienone is 2. The summed E-state index contributed by atoms with van der Waals surface area (Å²) in [5.41, 5.74) is -0.314. The van der Waals surface area contributed by atoms with E-state index in [0.29, 0.717) is 0 Å². The molecule has 0 aromatic carbocycles. The molecule has 0 aromatic rings. The van der Waals surface area contributed by atoms with E-state index in [1.165, 1.54) is 6.92 Å². The molecule has 0 aromatic heterocycles. The number of rotatable bonds is 1. The lowest BCUT2D eigenvalue weighted by atomic mass is 9.79. The molecule has 0 radical (unpaired) electrons. The number of esters is 1. The number of ether oxygens (including phenoxy) is 1. The smallest absolute Gasteiger partial charge is 0.303 e. The van der Waals surface area contributed by atoms with E-state index in [1.54, 1.807) is 6.08 Å². The van der Waals surface area contributed by atoms with Gasteiger partial charge >= 0.3 is 5.97 Å². The highest BCUT2D eigenvalue weighted by atomic mass is 16.5. The van der Waals surface area contributed by atoms with Gasteiger partial charge in [-0.15, -0.1) is 0 Å². The first-order chi connectivity index (χ1) is 6.65.